The number of nitrogens with zero attached hydrogens (tertiary/aromatic N) is 4. The molecule has 0 spiro atoms. The van der Waals surface area contributed by atoms with E-state index < -0.39 is 0 Å². The number of hydrogen-bond donors (Lipinski definition) is 1. The highest BCUT2D eigenvalue weighted by Crippen LogP contribution is 2.21. The number of aryl methyl sites for hydroxylation is 1. The second-order valence-electron chi connectivity index (χ2n) is 5.30. The number of hydrogen-bond acceptors (Lipinski definition) is 6. The van der Waals surface area contributed by atoms with E-state index in [0.717, 1.165) is 42.1 Å². The van der Waals surface area contributed by atoms with Crippen molar-refractivity contribution in [3.8, 4) is 11.8 Å². The van der Waals surface area contributed by atoms with Gasteiger partial charge in [0.2, 0.25) is 5.95 Å². The van der Waals surface area contributed by atoms with Crippen molar-refractivity contribution in [2.24, 2.45) is 0 Å². The van der Waals surface area contributed by atoms with Crippen LogP contribution in [0.15, 0.2) is 17.8 Å². The molecule has 3 rings (SSSR count). The van der Waals surface area contributed by atoms with Crippen LogP contribution in [0.3, 0.4) is 0 Å². The van der Waals surface area contributed by atoms with E-state index in [4.69, 9.17) is 0 Å². The van der Waals surface area contributed by atoms with Crippen LogP contribution in [0.1, 0.15) is 35.5 Å². The molecule has 122 valence electrons. The highest BCUT2D eigenvalue weighted by Gasteiger charge is 2.23. The number of anilines is 1. The molecule has 3 heterocycles. The molecule has 7 heteroatoms. The summed E-state index contributed by atoms with van der Waals surface area (Å²) in [6.45, 7) is 3.01. The Morgan fingerprint density at radius 3 is 2.74 bits per heavy atom. The molecule has 0 amide bonds. The van der Waals surface area contributed by atoms with Crippen molar-refractivity contribution in [1.82, 2.24) is 15.0 Å². The zero-order valence-corrected chi connectivity index (χ0v) is 14.5. The van der Waals surface area contributed by atoms with E-state index >= 15 is 0 Å². The van der Waals surface area contributed by atoms with Crippen molar-refractivity contribution in [3.63, 3.8) is 0 Å². The molecule has 23 heavy (non-hydrogen) atoms. The van der Waals surface area contributed by atoms with Crippen molar-refractivity contribution in [2.75, 3.05) is 18.1 Å². The Morgan fingerprint density at radius 2 is 2.09 bits per heavy atom. The maximum atomic E-state index is 9.46. The van der Waals surface area contributed by atoms with E-state index in [9.17, 15) is 5.11 Å². The molecular weight excluding hydrogens is 332 g/mol. The molecule has 0 bridgehead atoms. The molecule has 0 radical (unpaired) electrons. The van der Waals surface area contributed by atoms with Crippen LogP contribution in [0.25, 0.3) is 0 Å². The minimum atomic E-state index is 0. The molecule has 0 saturated carbocycles. The lowest BCUT2D eigenvalue weighted by molar-refractivity contribution is 0.239. The average molecular weight is 351 g/mol. The first-order chi connectivity index (χ1) is 10.8. The molecule has 2 aromatic rings. The zero-order chi connectivity index (χ0) is 15.4. The van der Waals surface area contributed by atoms with Crippen LogP contribution in [-0.4, -0.2) is 39.3 Å². The van der Waals surface area contributed by atoms with Gasteiger partial charge in [-0.15, -0.1) is 23.7 Å². The van der Waals surface area contributed by atoms with Gasteiger partial charge in [0.1, 0.15) is 5.69 Å². The molecular formula is C16H19ClN4OS. The summed E-state index contributed by atoms with van der Waals surface area (Å²) in [6, 6.07) is 0.128. The van der Waals surface area contributed by atoms with Crippen molar-refractivity contribution in [2.45, 2.75) is 32.2 Å². The molecule has 5 nitrogen and oxygen atoms in total. The number of thiazole rings is 1. The van der Waals surface area contributed by atoms with E-state index in [1.54, 1.807) is 23.7 Å². The monoisotopic (exact) mass is 350 g/mol. The summed E-state index contributed by atoms with van der Waals surface area (Å²) in [6.07, 6.45) is 6.72. The van der Waals surface area contributed by atoms with Gasteiger partial charge in [-0.05, 0) is 32.1 Å². The van der Waals surface area contributed by atoms with Crippen molar-refractivity contribution >= 4 is 29.7 Å². The van der Waals surface area contributed by atoms with Crippen LogP contribution in [0.4, 0.5) is 5.95 Å². The number of rotatable bonds is 2. The Kier molecular flexibility index (Phi) is 6.34. The molecule has 1 aliphatic rings. The van der Waals surface area contributed by atoms with Crippen LogP contribution in [0.5, 0.6) is 0 Å². The third-order valence-electron chi connectivity index (χ3n) is 3.69. The molecule has 1 unspecified atom stereocenters. The van der Waals surface area contributed by atoms with E-state index in [0.29, 0.717) is 5.95 Å². The maximum absolute atomic E-state index is 9.46. The van der Waals surface area contributed by atoms with Gasteiger partial charge in [0.15, 0.2) is 0 Å². The third-order valence-corrected chi connectivity index (χ3v) is 4.46. The SMILES string of the molecule is Cc1nc(C#Cc2cnc(N3CCCCC3CO)nc2)cs1.Cl. The van der Waals surface area contributed by atoms with Gasteiger partial charge < -0.3 is 10.0 Å². The summed E-state index contributed by atoms with van der Waals surface area (Å²) < 4.78 is 0. The van der Waals surface area contributed by atoms with Gasteiger partial charge >= 0.3 is 0 Å². The minimum absolute atomic E-state index is 0. The number of aliphatic hydroxyl groups excluding tert-OH is 1. The van der Waals surface area contributed by atoms with E-state index in [1.807, 2.05) is 12.3 Å². The Labute approximate surface area is 146 Å². The third kappa shape index (κ3) is 4.41. The molecule has 1 fully saturated rings. The van der Waals surface area contributed by atoms with Gasteiger partial charge in [-0.3, -0.25) is 0 Å². The lowest BCUT2D eigenvalue weighted by Gasteiger charge is -2.34. The van der Waals surface area contributed by atoms with Crippen molar-refractivity contribution in [3.05, 3.63) is 34.0 Å². The van der Waals surface area contributed by atoms with E-state index in [2.05, 4.69) is 31.7 Å². The highest BCUT2D eigenvalue weighted by molar-refractivity contribution is 7.09. The fourth-order valence-electron chi connectivity index (χ4n) is 2.54. The van der Waals surface area contributed by atoms with Crippen molar-refractivity contribution in [1.29, 1.82) is 0 Å². The van der Waals surface area contributed by atoms with Crippen LogP contribution < -0.4 is 4.90 Å². The van der Waals surface area contributed by atoms with Gasteiger partial charge in [-0.25, -0.2) is 15.0 Å². The summed E-state index contributed by atoms with van der Waals surface area (Å²) in [7, 11) is 0. The lowest BCUT2D eigenvalue weighted by Crippen LogP contribution is -2.42. The summed E-state index contributed by atoms with van der Waals surface area (Å²) in [5, 5.41) is 12.4. The largest absolute Gasteiger partial charge is 0.394 e. The number of halogens is 1. The minimum Gasteiger partial charge on any atom is -0.394 e. The predicted octanol–water partition coefficient (Wildman–Crippen LogP) is 2.41. The maximum Gasteiger partial charge on any atom is 0.225 e. The van der Waals surface area contributed by atoms with Gasteiger partial charge in [-0.1, -0.05) is 5.92 Å². The Morgan fingerprint density at radius 1 is 1.30 bits per heavy atom. The first-order valence-corrected chi connectivity index (χ1v) is 8.28. The van der Waals surface area contributed by atoms with Crippen LogP contribution in [-0.2, 0) is 0 Å². The van der Waals surface area contributed by atoms with E-state index in [-0.39, 0.29) is 25.1 Å². The topological polar surface area (TPSA) is 62.1 Å². The Bertz CT molecular complexity index is 692. The second-order valence-corrected chi connectivity index (χ2v) is 6.36. The quantitative estimate of drug-likeness (QED) is 0.843. The normalized spacial score (nSPS) is 17.1. The van der Waals surface area contributed by atoms with Crippen LogP contribution in [0, 0.1) is 18.8 Å². The van der Waals surface area contributed by atoms with Crippen LogP contribution in [0.2, 0.25) is 0 Å². The predicted molar refractivity (Wildman–Crippen MR) is 94.2 cm³/mol. The summed E-state index contributed by atoms with van der Waals surface area (Å²) in [5.74, 6) is 6.72. The Hall–Kier alpha value is -1.68. The zero-order valence-electron chi connectivity index (χ0n) is 12.9. The average Bonchev–Trinajstić information content (AvgIpc) is 2.99. The smallest absolute Gasteiger partial charge is 0.225 e. The molecule has 0 aliphatic carbocycles. The molecule has 0 aromatic carbocycles. The van der Waals surface area contributed by atoms with Crippen LogP contribution >= 0.6 is 23.7 Å². The second kappa shape index (κ2) is 8.25. The number of aliphatic hydroxyl groups is 1. The lowest BCUT2D eigenvalue weighted by atomic mass is 10.0. The van der Waals surface area contributed by atoms with Crippen molar-refractivity contribution < 1.29 is 5.11 Å². The molecule has 1 saturated heterocycles. The fraction of sp³-hybridized carbons (Fsp3) is 0.438. The molecule has 1 atom stereocenters. The number of aromatic nitrogens is 3. The summed E-state index contributed by atoms with van der Waals surface area (Å²) >= 11 is 1.59. The van der Waals surface area contributed by atoms with Gasteiger partial charge in [0, 0.05) is 24.3 Å². The van der Waals surface area contributed by atoms with E-state index in [1.165, 1.54) is 0 Å². The summed E-state index contributed by atoms with van der Waals surface area (Å²) in [5.41, 5.74) is 1.55. The number of piperidine rings is 1. The Balaban J connectivity index is 0.00000192. The standard InChI is InChI=1S/C16H18N4OS.ClH/c1-12-19-14(11-22-12)6-5-13-8-17-16(18-9-13)20-7-3-2-4-15(20)10-21;/h8-9,11,15,21H,2-4,7,10H2,1H3;1H. The first-order valence-electron chi connectivity index (χ1n) is 7.40. The molecule has 1 aliphatic heterocycles. The molecule has 1 N–H and O–H groups in total. The molecule has 2 aromatic heterocycles. The van der Waals surface area contributed by atoms with Gasteiger partial charge in [0.05, 0.1) is 23.2 Å². The first kappa shape index (κ1) is 17.7. The highest BCUT2D eigenvalue weighted by atomic mass is 35.5. The van der Waals surface area contributed by atoms with Gasteiger partial charge in [-0.2, -0.15) is 0 Å². The van der Waals surface area contributed by atoms with Gasteiger partial charge in [0.25, 0.3) is 0 Å². The summed E-state index contributed by atoms with van der Waals surface area (Å²) in [4.78, 5) is 15.2. The fourth-order valence-corrected chi connectivity index (χ4v) is 3.09.